The van der Waals surface area contributed by atoms with Gasteiger partial charge >= 0.3 is 0 Å². The SMILES string of the molecule is CCN(Cc1c(F)cccc1F)C(=O)[C@H]1CSCN1.Cl. The molecular weight excluding hydrogens is 306 g/mol. The first-order valence-electron chi connectivity index (χ1n) is 6.16. The molecule has 1 aromatic rings. The third kappa shape index (κ3) is 3.84. The van der Waals surface area contributed by atoms with Crippen molar-refractivity contribution >= 4 is 30.1 Å². The van der Waals surface area contributed by atoms with Gasteiger partial charge in [-0.25, -0.2) is 8.78 Å². The number of rotatable bonds is 4. The number of thioether (sulfide) groups is 1. The number of nitrogens with zero attached hydrogens (tertiary/aromatic N) is 1. The summed E-state index contributed by atoms with van der Waals surface area (Å²) in [5.74, 6) is 0.118. The van der Waals surface area contributed by atoms with Crippen LogP contribution in [0.5, 0.6) is 0 Å². The molecule has 1 fully saturated rings. The third-order valence-corrected chi connectivity index (χ3v) is 4.06. The van der Waals surface area contributed by atoms with E-state index in [-0.39, 0.29) is 36.5 Å². The fraction of sp³-hybridized carbons (Fsp3) is 0.462. The third-order valence-electron chi connectivity index (χ3n) is 3.12. The van der Waals surface area contributed by atoms with E-state index in [1.165, 1.54) is 23.1 Å². The Morgan fingerprint density at radius 3 is 2.60 bits per heavy atom. The fourth-order valence-corrected chi connectivity index (χ4v) is 2.93. The highest BCUT2D eigenvalue weighted by molar-refractivity contribution is 7.99. The molecule has 0 aromatic heterocycles. The Hall–Kier alpha value is -0.850. The van der Waals surface area contributed by atoms with Crippen molar-refractivity contribution in [2.75, 3.05) is 18.2 Å². The molecule has 1 aromatic carbocycles. The van der Waals surface area contributed by atoms with Gasteiger partial charge in [0.2, 0.25) is 5.91 Å². The van der Waals surface area contributed by atoms with Crippen LogP contribution in [0.3, 0.4) is 0 Å². The average Bonchev–Trinajstić information content (AvgIpc) is 2.92. The molecule has 2 rings (SSSR count). The van der Waals surface area contributed by atoms with Crippen LogP contribution in [0.1, 0.15) is 12.5 Å². The number of carbonyl (C=O) groups excluding carboxylic acids is 1. The Bertz CT molecular complexity index is 449. The summed E-state index contributed by atoms with van der Waals surface area (Å²) in [4.78, 5) is 13.7. The fourth-order valence-electron chi connectivity index (χ4n) is 1.99. The van der Waals surface area contributed by atoms with E-state index in [1.54, 1.807) is 18.7 Å². The zero-order valence-electron chi connectivity index (χ0n) is 11.1. The molecule has 1 N–H and O–H groups in total. The Balaban J connectivity index is 0.00000200. The lowest BCUT2D eigenvalue weighted by Crippen LogP contribution is -2.44. The summed E-state index contributed by atoms with van der Waals surface area (Å²) in [5, 5.41) is 3.07. The summed E-state index contributed by atoms with van der Waals surface area (Å²) in [6.45, 7) is 2.20. The molecule has 0 aliphatic carbocycles. The van der Waals surface area contributed by atoms with Crippen molar-refractivity contribution in [3.05, 3.63) is 35.4 Å². The monoisotopic (exact) mass is 322 g/mol. The van der Waals surface area contributed by atoms with Gasteiger partial charge in [-0.1, -0.05) is 6.07 Å². The topological polar surface area (TPSA) is 32.3 Å². The predicted molar refractivity (Wildman–Crippen MR) is 78.9 cm³/mol. The molecule has 1 amide bonds. The molecule has 0 saturated carbocycles. The minimum absolute atomic E-state index is 0. The van der Waals surface area contributed by atoms with Crippen LogP contribution >= 0.6 is 24.2 Å². The van der Waals surface area contributed by atoms with Crippen LogP contribution in [0.4, 0.5) is 8.78 Å². The van der Waals surface area contributed by atoms with E-state index < -0.39 is 11.6 Å². The lowest BCUT2D eigenvalue weighted by atomic mass is 10.1. The van der Waals surface area contributed by atoms with Gasteiger partial charge in [0, 0.05) is 23.7 Å². The molecule has 3 nitrogen and oxygen atoms in total. The first-order valence-corrected chi connectivity index (χ1v) is 7.31. The lowest BCUT2D eigenvalue weighted by Gasteiger charge is -2.24. The van der Waals surface area contributed by atoms with Gasteiger partial charge in [-0.15, -0.1) is 24.2 Å². The summed E-state index contributed by atoms with van der Waals surface area (Å²) in [6.07, 6.45) is 0. The van der Waals surface area contributed by atoms with E-state index in [9.17, 15) is 13.6 Å². The number of benzene rings is 1. The summed E-state index contributed by atoms with van der Waals surface area (Å²) in [6, 6.07) is 3.49. The van der Waals surface area contributed by atoms with E-state index in [1.807, 2.05) is 0 Å². The lowest BCUT2D eigenvalue weighted by molar-refractivity contribution is -0.133. The molecule has 20 heavy (non-hydrogen) atoms. The molecule has 1 aliphatic rings. The number of nitrogens with one attached hydrogen (secondary N) is 1. The normalized spacial score (nSPS) is 17.6. The van der Waals surface area contributed by atoms with Crippen LogP contribution in [-0.4, -0.2) is 35.0 Å². The molecule has 0 radical (unpaired) electrons. The van der Waals surface area contributed by atoms with E-state index in [0.717, 1.165) is 5.88 Å². The first kappa shape index (κ1) is 17.2. The highest BCUT2D eigenvalue weighted by Crippen LogP contribution is 2.17. The number of hydrogen-bond donors (Lipinski definition) is 1. The predicted octanol–water partition coefficient (Wildman–Crippen LogP) is 2.40. The summed E-state index contributed by atoms with van der Waals surface area (Å²) in [7, 11) is 0. The van der Waals surface area contributed by atoms with Crippen LogP contribution in [0.25, 0.3) is 0 Å². The molecule has 1 aliphatic heterocycles. The van der Waals surface area contributed by atoms with Crippen molar-refractivity contribution in [1.82, 2.24) is 10.2 Å². The molecule has 1 atom stereocenters. The molecule has 0 unspecified atom stereocenters. The second-order valence-corrected chi connectivity index (χ2v) is 5.35. The average molecular weight is 323 g/mol. The summed E-state index contributed by atoms with van der Waals surface area (Å²) in [5.41, 5.74) is -0.0525. The number of halogens is 3. The van der Waals surface area contributed by atoms with E-state index in [4.69, 9.17) is 0 Å². The van der Waals surface area contributed by atoms with Gasteiger partial charge in [-0.2, -0.15) is 0 Å². The minimum Gasteiger partial charge on any atom is -0.337 e. The van der Waals surface area contributed by atoms with Gasteiger partial charge in [-0.3, -0.25) is 10.1 Å². The number of carbonyl (C=O) groups is 1. The van der Waals surface area contributed by atoms with Gasteiger partial charge in [0.25, 0.3) is 0 Å². The maximum absolute atomic E-state index is 13.6. The smallest absolute Gasteiger partial charge is 0.240 e. The van der Waals surface area contributed by atoms with Gasteiger partial charge in [0.1, 0.15) is 11.6 Å². The zero-order valence-corrected chi connectivity index (χ0v) is 12.7. The van der Waals surface area contributed by atoms with Gasteiger partial charge in [-0.05, 0) is 19.1 Å². The highest BCUT2D eigenvalue weighted by Gasteiger charge is 2.27. The zero-order chi connectivity index (χ0) is 13.8. The van der Waals surface area contributed by atoms with E-state index >= 15 is 0 Å². The number of hydrogen-bond acceptors (Lipinski definition) is 3. The molecule has 7 heteroatoms. The Morgan fingerprint density at radius 2 is 2.10 bits per heavy atom. The Morgan fingerprint density at radius 1 is 1.45 bits per heavy atom. The first-order chi connectivity index (χ1) is 9.13. The maximum Gasteiger partial charge on any atom is 0.240 e. The second-order valence-electron chi connectivity index (χ2n) is 4.32. The van der Waals surface area contributed by atoms with Crippen LogP contribution in [0.2, 0.25) is 0 Å². The summed E-state index contributed by atoms with van der Waals surface area (Å²) < 4.78 is 27.2. The van der Waals surface area contributed by atoms with Crippen LogP contribution in [0.15, 0.2) is 18.2 Å². The van der Waals surface area contributed by atoms with Gasteiger partial charge < -0.3 is 4.90 Å². The molecule has 1 heterocycles. The quantitative estimate of drug-likeness (QED) is 0.924. The Kier molecular flexibility index (Phi) is 6.71. The molecular formula is C13H17ClF2N2OS. The minimum atomic E-state index is -0.611. The van der Waals surface area contributed by atoms with Crippen molar-refractivity contribution in [2.45, 2.75) is 19.5 Å². The molecule has 1 saturated heterocycles. The van der Waals surface area contributed by atoms with Crippen molar-refractivity contribution in [3.8, 4) is 0 Å². The second kappa shape index (κ2) is 7.81. The van der Waals surface area contributed by atoms with Crippen LogP contribution in [-0.2, 0) is 11.3 Å². The standard InChI is InChI=1S/C13H16F2N2OS.ClH/c1-2-17(13(18)12-7-19-8-16-12)6-9-10(14)4-3-5-11(9)15;/h3-5,12,16H,2,6-8H2,1H3;1H/t12-;/m1./s1. The van der Waals surface area contributed by atoms with Crippen molar-refractivity contribution in [1.29, 1.82) is 0 Å². The maximum atomic E-state index is 13.6. The number of likely N-dealkylation sites (N-methyl/N-ethyl adjacent to an activating group) is 1. The van der Waals surface area contributed by atoms with Crippen molar-refractivity contribution in [3.63, 3.8) is 0 Å². The van der Waals surface area contributed by atoms with E-state index in [2.05, 4.69) is 5.32 Å². The molecule has 112 valence electrons. The van der Waals surface area contributed by atoms with Gasteiger partial charge in [0.15, 0.2) is 0 Å². The molecule has 0 spiro atoms. The molecule has 0 bridgehead atoms. The van der Waals surface area contributed by atoms with E-state index in [0.29, 0.717) is 12.3 Å². The van der Waals surface area contributed by atoms with Crippen LogP contribution < -0.4 is 5.32 Å². The summed E-state index contributed by atoms with van der Waals surface area (Å²) >= 11 is 1.64. The van der Waals surface area contributed by atoms with Gasteiger partial charge in [0.05, 0.1) is 12.6 Å². The Labute approximate surface area is 127 Å². The van der Waals surface area contributed by atoms with Crippen LogP contribution in [0, 0.1) is 11.6 Å². The number of amides is 1. The van der Waals surface area contributed by atoms with Crippen molar-refractivity contribution in [2.24, 2.45) is 0 Å². The van der Waals surface area contributed by atoms with Crippen molar-refractivity contribution < 1.29 is 13.6 Å². The highest BCUT2D eigenvalue weighted by atomic mass is 35.5. The largest absolute Gasteiger partial charge is 0.337 e.